The first-order chi connectivity index (χ1) is 12.5. The summed E-state index contributed by atoms with van der Waals surface area (Å²) in [5.41, 5.74) is 2.21. The average molecular weight is 358 g/mol. The van der Waals surface area contributed by atoms with Gasteiger partial charge in [-0.2, -0.15) is 0 Å². The molecule has 26 heavy (non-hydrogen) atoms. The number of carbonyl (C=O) groups excluding carboxylic acids is 2. The Hall–Kier alpha value is -1.88. The number of piperidine rings is 1. The van der Waals surface area contributed by atoms with Crippen LogP contribution in [-0.2, 0) is 27.5 Å². The molecule has 0 spiro atoms. The van der Waals surface area contributed by atoms with E-state index < -0.39 is 0 Å². The number of likely N-dealkylation sites (tertiary alicyclic amines) is 1. The molecule has 1 aromatic rings. The van der Waals surface area contributed by atoms with Gasteiger partial charge < -0.3 is 15.0 Å². The van der Waals surface area contributed by atoms with Crippen molar-refractivity contribution in [2.24, 2.45) is 11.8 Å². The number of benzene rings is 1. The minimum Gasteiger partial charge on any atom is -0.374 e. The Morgan fingerprint density at radius 2 is 1.81 bits per heavy atom. The van der Waals surface area contributed by atoms with Gasteiger partial charge in [0.15, 0.2) is 0 Å². The van der Waals surface area contributed by atoms with Crippen LogP contribution in [0.4, 0.5) is 0 Å². The van der Waals surface area contributed by atoms with Gasteiger partial charge in [0.05, 0.1) is 18.6 Å². The summed E-state index contributed by atoms with van der Waals surface area (Å²) in [6.07, 6.45) is 4.04. The Bertz CT molecular complexity index is 623. The lowest BCUT2D eigenvalue weighted by molar-refractivity contribution is -0.136. The number of nitrogens with one attached hydrogen (secondary N) is 1. The Balaban J connectivity index is 1.45. The van der Waals surface area contributed by atoms with Gasteiger partial charge >= 0.3 is 0 Å². The molecule has 3 rings (SSSR count). The van der Waals surface area contributed by atoms with Gasteiger partial charge in [-0.05, 0) is 50.7 Å². The molecule has 0 radical (unpaired) electrons. The molecule has 1 N–H and O–H groups in total. The fraction of sp³-hybridized carbons (Fsp3) is 0.619. The second-order valence-corrected chi connectivity index (χ2v) is 7.79. The van der Waals surface area contributed by atoms with Crippen LogP contribution in [0, 0.1) is 11.8 Å². The summed E-state index contributed by atoms with van der Waals surface area (Å²) >= 11 is 0. The summed E-state index contributed by atoms with van der Waals surface area (Å²) in [5, 5.41) is 3.03. The Morgan fingerprint density at radius 3 is 2.46 bits per heavy atom. The number of ether oxygens (including phenoxy) is 1. The van der Waals surface area contributed by atoms with E-state index in [9.17, 15) is 9.59 Å². The van der Waals surface area contributed by atoms with Gasteiger partial charge in [-0.1, -0.05) is 24.3 Å². The van der Waals surface area contributed by atoms with Gasteiger partial charge in [0, 0.05) is 25.6 Å². The highest BCUT2D eigenvalue weighted by atomic mass is 16.5. The Labute approximate surface area is 156 Å². The first kappa shape index (κ1) is 18.9. The third kappa shape index (κ3) is 5.31. The van der Waals surface area contributed by atoms with Crippen molar-refractivity contribution in [2.75, 3.05) is 13.1 Å². The summed E-state index contributed by atoms with van der Waals surface area (Å²) < 4.78 is 5.59. The molecule has 142 valence electrons. The van der Waals surface area contributed by atoms with Crippen LogP contribution in [0.1, 0.15) is 50.7 Å². The molecule has 2 amide bonds. The molecular weight excluding hydrogens is 328 g/mol. The molecule has 5 nitrogen and oxygen atoms in total. The van der Waals surface area contributed by atoms with E-state index >= 15 is 0 Å². The monoisotopic (exact) mass is 358 g/mol. The van der Waals surface area contributed by atoms with E-state index in [0.717, 1.165) is 43.4 Å². The van der Waals surface area contributed by atoms with Crippen LogP contribution < -0.4 is 5.32 Å². The average Bonchev–Trinajstić information content (AvgIpc) is 3.50. The van der Waals surface area contributed by atoms with Crippen LogP contribution in [0.3, 0.4) is 0 Å². The van der Waals surface area contributed by atoms with E-state index in [1.807, 2.05) is 43.0 Å². The van der Waals surface area contributed by atoms with Crippen LogP contribution in [0.25, 0.3) is 0 Å². The Kier molecular flexibility index (Phi) is 6.30. The maximum atomic E-state index is 12.5. The number of nitrogens with zero attached hydrogens (tertiary/aromatic N) is 1. The van der Waals surface area contributed by atoms with E-state index in [1.54, 1.807) is 0 Å². The summed E-state index contributed by atoms with van der Waals surface area (Å²) in [5.74, 6) is 0.465. The standard InChI is InChI=1S/C21H30N2O3/c1-15(2)26-14-17-7-5-16(6-8-17)12-22-20(24)19-4-3-11-23(13-19)21(25)18-9-10-18/h5-8,15,18-19H,3-4,9-14H2,1-2H3,(H,22,24)/t19-/m1/s1. The van der Waals surface area contributed by atoms with Gasteiger partial charge in [-0.15, -0.1) is 0 Å². The summed E-state index contributed by atoms with van der Waals surface area (Å²) in [7, 11) is 0. The van der Waals surface area contributed by atoms with Crippen molar-refractivity contribution in [3.05, 3.63) is 35.4 Å². The van der Waals surface area contributed by atoms with E-state index in [4.69, 9.17) is 4.74 Å². The molecular formula is C21H30N2O3. The predicted octanol–water partition coefficient (Wildman–Crippen LogP) is 2.88. The molecule has 2 fully saturated rings. The minimum atomic E-state index is -0.0786. The summed E-state index contributed by atoms with van der Waals surface area (Å²) in [6, 6.07) is 8.15. The molecule has 0 bridgehead atoms. The number of carbonyl (C=O) groups is 2. The van der Waals surface area contributed by atoms with Crippen molar-refractivity contribution in [1.29, 1.82) is 0 Å². The fourth-order valence-corrected chi connectivity index (χ4v) is 3.33. The number of hydrogen-bond donors (Lipinski definition) is 1. The van der Waals surface area contributed by atoms with Crippen LogP contribution in [0.2, 0.25) is 0 Å². The summed E-state index contributed by atoms with van der Waals surface area (Å²) in [6.45, 7) is 6.56. The van der Waals surface area contributed by atoms with Crippen LogP contribution in [0.15, 0.2) is 24.3 Å². The first-order valence-electron chi connectivity index (χ1n) is 9.79. The number of hydrogen-bond acceptors (Lipinski definition) is 3. The molecule has 0 aromatic heterocycles. The molecule has 5 heteroatoms. The normalized spacial score (nSPS) is 20.3. The van der Waals surface area contributed by atoms with Crippen molar-refractivity contribution in [3.63, 3.8) is 0 Å². The smallest absolute Gasteiger partial charge is 0.225 e. The van der Waals surface area contributed by atoms with Crippen LogP contribution in [-0.4, -0.2) is 35.9 Å². The first-order valence-corrected chi connectivity index (χ1v) is 9.79. The highest BCUT2D eigenvalue weighted by Crippen LogP contribution is 2.32. The van der Waals surface area contributed by atoms with Gasteiger partial charge in [0.25, 0.3) is 0 Å². The molecule has 1 atom stereocenters. The molecule has 2 aliphatic rings. The minimum absolute atomic E-state index is 0.0607. The van der Waals surface area contributed by atoms with E-state index in [0.29, 0.717) is 19.7 Å². The lowest BCUT2D eigenvalue weighted by Gasteiger charge is -2.32. The lowest BCUT2D eigenvalue weighted by atomic mass is 9.96. The number of rotatable bonds is 7. The molecule has 1 saturated carbocycles. The highest BCUT2D eigenvalue weighted by Gasteiger charge is 2.36. The van der Waals surface area contributed by atoms with E-state index in [-0.39, 0.29) is 29.8 Å². The predicted molar refractivity (Wildman–Crippen MR) is 100 cm³/mol. The zero-order chi connectivity index (χ0) is 18.5. The lowest BCUT2D eigenvalue weighted by Crippen LogP contribution is -2.45. The third-order valence-corrected chi connectivity index (χ3v) is 5.10. The quantitative estimate of drug-likeness (QED) is 0.815. The highest BCUT2D eigenvalue weighted by molar-refractivity contribution is 5.83. The molecule has 1 aliphatic heterocycles. The Morgan fingerprint density at radius 1 is 1.12 bits per heavy atom. The zero-order valence-corrected chi connectivity index (χ0v) is 15.9. The van der Waals surface area contributed by atoms with Crippen molar-refractivity contribution >= 4 is 11.8 Å². The van der Waals surface area contributed by atoms with Gasteiger partial charge in [-0.25, -0.2) is 0 Å². The maximum Gasteiger partial charge on any atom is 0.225 e. The second kappa shape index (κ2) is 8.67. The van der Waals surface area contributed by atoms with E-state index in [2.05, 4.69) is 5.32 Å². The largest absolute Gasteiger partial charge is 0.374 e. The van der Waals surface area contributed by atoms with Gasteiger partial charge in [-0.3, -0.25) is 9.59 Å². The van der Waals surface area contributed by atoms with Crippen molar-refractivity contribution < 1.29 is 14.3 Å². The fourth-order valence-electron chi connectivity index (χ4n) is 3.33. The van der Waals surface area contributed by atoms with Gasteiger partial charge in [0.2, 0.25) is 11.8 Å². The molecule has 1 heterocycles. The van der Waals surface area contributed by atoms with Crippen molar-refractivity contribution in [3.8, 4) is 0 Å². The van der Waals surface area contributed by atoms with Crippen LogP contribution >= 0.6 is 0 Å². The molecule has 0 unspecified atom stereocenters. The van der Waals surface area contributed by atoms with E-state index in [1.165, 1.54) is 0 Å². The third-order valence-electron chi connectivity index (χ3n) is 5.10. The molecule has 1 saturated heterocycles. The van der Waals surface area contributed by atoms with Gasteiger partial charge in [0.1, 0.15) is 0 Å². The maximum absolute atomic E-state index is 12.5. The molecule has 1 aromatic carbocycles. The summed E-state index contributed by atoms with van der Waals surface area (Å²) in [4.78, 5) is 26.6. The van der Waals surface area contributed by atoms with Crippen molar-refractivity contribution in [1.82, 2.24) is 10.2 Å². The van der Waals surface area contributed by atoms with Crippen LogP contribution in [0.5, 0.6) is 0 Å². The second-order valence-electron chi connectivity index (χ2n) is 7.79. The number of amides is 2. The zero-order valence-electron chi connectivity index (χ0n) is 15.9. The topological polar surface area (TPSA) is 58.6 Å². The van der Waals surface area contributed by atoms with Crippen molar-refractivity contribution in [2.45, 2.75) is 58.8 Å². The SMILES string of the molecule is CC(C)OCc1ccc(CNC(=O)[C@@H]2CCCN(C(=O)C3CC3)C2)cc1. The molecule has 1 aliphatic carbocycles.